The minimum atomic E-state index is -3.99. The molecule has 0 bridgehead atoms. The zero-order chi connectivity index (χ0) is 42.2. The van der Waals surface area contributed by atoms with Crippen LogP contribution in [0.2, 0.25) is 0 Å². The number of aliphatic hydroxyl groups is 1. The minimum absolute atomic E-state index is 0. The van der Waals surface area contributed by atoms with Crippen molar-refractivity contribution in [3.63, 3.8) is 0 Å². The maximum Gasteiger partial charge on any atom is 1.00 e. The number of esters is 1. The molecule has 0 saturated heterocycles. The van der Waals surface area contributed by atoms with Gasteiger partial charge in [0.25, 0.3) is 0 Å². The van der Waals surface area contributed by atoms with Crippen LogP contribution >= 0.6 is 0 Å². The number of carbonyl (C=O) groups is 1. The Morgan fingerprint density at radius 2 is 1.03 bits per heavy atom. The van der Waals surface area contributed by atoms with Crippen molar-refractivity contribution < 1.29 is 61.2 Å². The molecule has 0 radical (unpaired) electrons. The number of benzene rings is 4. The van der Waals surface area contributed by atoms with Crippen LogP contribution in [-0.2, 0) is 42.7 Å². The number of fused-ring (bicyclic) bond motifs is 2. The van der Waals surface area contributed by atoms with Crippen LogP contribution in [0.15, 0.2) is 107 Å². The Bertz CT molecular complexity index is 2630. The second kappa shape index (κ2) is 22.0. The summed E-state index contributed by atoms with van der Waals surface area (Å²) < 4.78 is 71.5. The van der Waals surface area contributed by atoms with Crippen molar-refractivity contribution in [1.82, 2.24) is 18.6 Å². The average Bonchev–Trinajstić information content (AvgIpc) is 3.19. The van der Waals surface area contributed by atoms with Crippen molar-refractivity contribution in [1.29, 1.82) is 0 Å². The molecule has 0 spiro atoms. The van der Waals surface area contributed by atoms with E-state index in [1.54, 1.807) is 71.5 Å². The number of aromatic nitrogens is 2. The molecule has 1 N–H and O–H groups in total. The molecule has 2 heterocycles. The van der Waals surface area contributed by atoms with Crippen molar-refractivity contribution in [3.8, 4) is 11.5 Å². The number of ether oxygens (including phenoxy) is 3. The van der Waals surface area contributed by atoms with Crippen molar-refractivity contribution in [3.05, 3.63) is 131 Å². The van der Waals surface area contributed by atoms with Crippen LogP contribution in [0.1, 0.15) is 34.8 Å². The summed E-state index contributed by atoms with van der Waals surface area (Å²) in [6.45, 7) is 6.35. The topological polar surface area (TPSA) is 166 Å². The third-order valence-electron chi connectivity index (χ3n) is 9.43. The number of rotatable bonds is 14. The molecular weight excluding hydrogens is 815 g/mol. The van der Waals surface area contributed by atoms with Gasteiger partial charge in [0.2, 0.25) is 20.0 Å². The van der Waals surface area contributed by atoms with E-state index in [4.69, 9.17) is 14.2 Å². The second-order valence-electron chi connectivity index (χ2n) is 13.7. The summed E-state index contributed by atoms with van der Waals surface area (Å²) in [6.07, 6.45) is 3.30. The van der Waals surface area contributed by atoms with Gasteiger partial charge < -0.3 is 20.7 Å². The molecule has 2 aromatic heterocycles. The molecule has 0 saturated carbocycles. The summed E-state index contributed by atoms with van der Waals surface area (Å²) in [5.74, 6) is 0.541. The smallest absolute Gasteiger partial charge is 1.00 e. The third-order valence-corrected chi connectivity index (χ3v) is 13.7. The van der Waals surface area contributed by atoms with Crippen molar-refractivity contribution in [2.45, 2.75) is 50.6 Å². The zero-order valence-corrected chi connectivity index (χ0v) is 36.2. The monoisotopic (exact) mass is 866 g/mol. The number of hydrogen-bond acceptors (Lipinski definition) is 11. The number of para-hydroxylation sites is 2. The van der Waals surface area contributed by atoms with Gasteiger partial charge in [0.1, 0.15) is 18.0 Å². The quantitative estimate of drug-likeness (QED) is 0.126. The molecule has 0 aliphatic heterocycles. The number of aliphatic hydroxyl groups excluding tert-OH is 1. The van der Waals surface area contributed by atoms with E-state index in [2.05, 4.69) is 9.97 Å². The van der Waals surface area contributed by atoms with E-state index in [-0.39, 0.29) is 73.7 Å². The molecule has 6 aromatic rings. The maximum absolute atomic E-state index is 13.5. The van der Waals surface area contributed by atoms with Crippen molar-refractivity contribution >= 4 is 65.2 Å². The summed E-state index contributed by atoms with van der Waals surface area (Å²) in [4.78, 5) is 21.2. The molecule has 0 atom stereocenters. The molecule has 0 amide bonds. The van der Waals surface area contributed by atoms with Gasteiger partial charge in [0, 0.05) is 42.8 Å². The van der Waals surface area contributed by atoms with E-state index in [1.165, 1.54) is 18.5 Å². The fraction of sp³-hybridized carbons (Fsp3) is 0.279. The molecule has 0 fully saturated rings. The van der Waals surface area contributed by atoms with Crippen LogP contribution in [0.4, 0.5) is 0 Å². The minimum Gasteiger partial charge on any atom is -1.00 e. The van der Waals surface area contributed by atoms with Crippen LogP contribution in [-0.4, -0.2) is 105 Å². The van der Waals surface area contributed by atoms with E-state index < -0.39 is 32.6 Å². The molecule has 4 aromatic carbocycles. The number of aryl methyl sites for hydroxylation is 4. The molecule has 60 heavy (non-hydrogen) atoms. The number of pyridine rings is 2. The van der Waals surface area contributed by atoms with Crippen LogP contribution in [0.3, 0.4) is 0 Å². The summed E-state index contributed by atoms with van der Waals surface area (Å²) >= 11 is 0. The number of nitrogens with zero attached hydrogens (tertiary/aromatic N) is 4. The van der Waals surface area contributed by atoms with Gasteiger partial charge in [-0.15, -0.1) is 0 Å². The second-order valence-corrected chi connectivity index (χ2v) is 17.4. The largest absolute Gasteiger partial charge is 1.00 e. The van der Waals surface area contributed by atoms with Crippen molar-refractivity contribution in [2.75, 3.05) is 41.0 Å². The Hall–Kier alpha value is -4.32. The summed E-state index contributed by atoms with van der Waals surface area (Å²) in [5, 5.41) is 11.3. The van der Waals surface area contributed by atoms with Gasteiger partial charge in [-0.2, -0.15) is 8.61 Å². The molecule has 0 aliphatic rings. The standard InChI is InChI=1S/C22H24N2O5S.C21H24N2O4S.Al.Li.4H/c1-15-9-19(28-3)10-16(2)22(15)30(26,27)24(14-21(25)29-4)13-17-11-18-7-5-6-8-20(18)23-12-17;1-15-10-19(27-3)11-16(2)21(15)28(25,26)23(8-9-24)14-17-12-18-6-4-5-7-20(18)22-13-17;;;;;;/h5-12H,13-14H2,1-4H3;4-7,10-13,24H,8-9,14H2,1-3H3;;;;;;/q;;;+1;;;;-1. The normalized spacial score (nSPS) is 11.4. The Balaban J connectivity index is 0.000000401. The average molecular weight is 867 g/mol. The zero-order valence-electron chi connectivity index (χ0n) is 35.6. The molecule has 6 rings (SSSR count). The van der Waals surface area contributed by atoms with Gasteiger partial charge in [-0.05, 0) is 110 Å². The van der Waals surface area contributed by atoms with Crippen molar-refractivity contribution in [2.24, 2.45) is 0 Å². The summed E-state index contributed by atoms with van der Waals surface area (Å²) in [5.41, 5.74) is 5.39. The van der Waals surface area contributed by atoms with Crippen LogP contribution in [0.5, 0.6) is 11.5 Å². The van der Waals surface area contributed by atoms with Gasteiger partial charge in [-0.3, -0.25) is 14.8 Å². The van der Waals surface area contributed by atoms with E-state index in [0.29, 0.717) is 39.3 Å². The predicted octanol–water partition coefficient (Wildman–Crippen LogP) is 2.20. The first-order chi connectivity index (χ1) is 27.6. The number of methoxy groups -OCH3 is 3. The molecular formula is C43H52AlLiN4O9S2. The van der Waals surface area contributed by atoms with E-state index in [1.807, 2.05) is 60.7 Å². The first-order valence-electron chi connectivity index (χ1n) is 18.3. The Kier molecular flexibility index (Phi) is 18.3. The number of sulfonamides is 2. The van der Waals surface area contributed by atoms with Crippen LogP contribution in [0.25, 0.3) is 21.8 Å². The molecule has 0 aliphatic carbocycles. The SMILES string of the molecule is COC(=O)CN(Cc1cnc2ccccc2c1)S(=O)(=O)c1c(C)cc(OC)cc1C.COc1cc(C)c(S(=O)(=O)N(CCO)Cc2cnc3ccccc3c2)c(C)c1.[AlH3].[H-].[Li+]. The van der Waals surface area contributed by atoms with E-state index in [0.717, 1.165) is 31.7 Å². The number of hydrogen-bond donors (Lipinski definition) is 1. The van der Waals surface area contributed by atoms with Crippen LogP contribution < -0.4 is 28.3 Å². The number of carbonyl (C=O) groups excluding carboxylic acids is 1. The summed E-state index contributed by atoms with van der Waals surface area (Å²) in [7, 11) is -3.50. The predicted molar refractivity (Wildman–Crippen MR) is 234 cm³/mol. The molecule has 0 unspecified atom stereocenters. The van der Waals surface area contributed by atoms with Crippen LogP contribution in [0, 0.1) is 27.7 Å². The summed E-state index contributed by atoms with van der Waals surface area (Å²) in [6, 6.07) is 25.8. The van der Waals surface area contributed by atoms with Gasteiger partial charge >= 0.3 is 24.8 Å². The van der Waals surface area contributed by atoms with Gasteiger partial charge in [0.05, 0.1) is 48.8 Å². The molecule has 17 heteroatoms. The Labute approximate surface area is 376 Å². The van der Waals surface area contributed by atoms with Gasteiger partial charge in [-0.25, -0.2) is 16.8 Å². The van der Waals surface area contributed by atoms with Gasteiger partial charge in [-0.1, -0.05) is 36.4 Å². The Morgan fingerprint density at radius 3 is 1.42 bits per heavy atom. The fourth-order valence-corrected chi connectivity index (χ4v) is 10.4. The Morgan fingerprint density at radius 1 is 0.650 bits per heavy atom. The first-order valence-corrected chi connectivity index (χ1v) is 21.2. The maximum atomic E-state index is 13.5. The van der Waals surface area contributed by atoms with E-state index >= 15 is 0 Å². The van der Waals surface area contributed by atoms with E-state index in [9.17, 15) is 26.7 Å². The first kappa shape index (κ1) is 50.0. The molecule has 314 valence electrons. The third kappa shape index (κ3) is 11.7. The van der Waals surface area contributed by atoms with Gasteiger partial charge in [0.15, 0.2) is 17.4 Å². The molecule has 13 nitrogen and oxygen atoms in total. The fourth-order valence-electron chi connectivity index (χ4n) is 6.77.